The molecule has 1 aliphatic rings. The summed E-state index contributed by atoms with van der Waals surface area (Å²) in [5.74, 6) is 0. The van der Waals surface area contributed by atoms with Crippen LogP contribution in [-0.2, 0) is 4.74 Å². The molecular weight excluding hydrogens is 254 g/mol. The van der Waals surface area contributed by atoms with Gasteiger partial charge in [0, 0.05) is 31.9 Å². The van der Waals surface area contributed by atoms with Crippen molar-refractivity contribution in [3.05, 3.63) is 24.5 Å². The molecule has 2 rings (SSSR count). The van der Waals surface area contributed by atoms with Crippen LogP contribution in [0.25, 0.3) is 0 Å². The van der Waals surface area contributed by atoms with Crippen LogP contribution in [0, 0.1) is 0 Å². The number of pyridine rings is 1. The van der Waals surface area contributed by atoms with Gasteiger partial charge in [-0.05, 0) is 0 Å². The topological polar surface area (TPSA) is 36.7 Å². The van der Waals surface area contributed by atoms with Gasteiger partial charge in [-0.15, -0.1) is 0 Å². The molecule has 0 aromatic carbocycles. The van der Waals surface area contributed by atoms with Gasteiger partial charge in [-0.3, -0.25) is 0 Å². The van der Waals surface area contributed by atoms with Crippen LogP contribution >= 0.6 is 0 Å². The van der Waals surface area contributed by atoms with E-state index in [4.69, 9.17) is 4.74 Å². The highest BCUT2D eigenvalue weighted by Crippen LogP contribution is 2.06. The second-order valence-corrected chi connectivity index (χ2v) is 4.24. The van der Waals surface area contributed by atoms with Crippen molar-refractivity contribution in [3.63, 3.8) is 0 Å². The highest BCUT2D eigenvalue weighted by atomic mass is 35.5. The van der Waals surface area contributed by atoms with Crippen molar-refractivity contribution in [2.24, 2.45) is 0 Å². The van der Waals surface area contributed by atoms with Crippen molar-refractivity contribution in [2.75, 3.05) is 45.3 Å². The summed E-state index contributed by atoms with van der Waals surface area (Å²) in [6, 6.07) is 3.87. The van der Waals surface area contributed by atoms with Crippen molar-refractivity contribution in [2.45, 2.75) is 0 Å². The number of ether oxygens (including phenoxy) is 1. The van der Waals surface area contributed by atoms with Crippen LogP contribution in [0.15, 0.2) is 24.5 Å². The number of morpholine rings is 1. The van der Waals surface area contributed by atoms with Gasteiger partial charge in [-0.1, -0.05) is 0 Å². The predicted molar refractivity (Wildman–Crippen MR) is 64.2 cm³/mol. The number of aromatic nitrogens is 1. The zero-order chi connectivity index (χ0) is 12.3. The third kappa shape index (κ3) is 3.34. The molecule has 1 amide bonds. The van der Waals surface area contributed by atoms with Crippen LogP contribution in [0.4, 0.5) is 10.5 Å². The molecule has 1 aromatic heterocycles. The van der Waals surface area contributed by atoms with E-state index in [-0.39, 0.29) is 18.4 Å². The molecule has 1 aliphatic heterocycles. The molecule has 5 nitrogen and oxygen atoms in total. The number of hydrogen-bond donors (Lipinski definition) is 0. The van der Waals surface area contributed by atoms with E-state index in [1.54, 1.807) is 21.9 Å². The first kappa shape index (κ1) is 14.7. The Hall–Kier alpha value is -1.33. The van der Waals surface area contributed by atoms with Crippen molar-refractivity contribution in [1.82, 2.24) is 4.90 Å². The Morgan fingerprint density at radius 3 is 2.33 bits per heavy atom. The Labute approximate surface area is 113 Å². The lowest BCUT2D eigenvalue weighted by molar-refractivity contribution is -0.578. The van der Waals surface area contributed by atoms with Crippen molar-refractivity contribution >= 4 is 11.7 Å². The van der Waals surface area contributed by atoms with Crippen LogP contribution in [-0.4, -0.2) is 51.3 Å². The second-order valence-electron chi connectivity index (χ2n) is 4.24. The first-order valence-electron chi connectivity index (χ1n) is 5.74. The highest BCUT2D eigenvalue weighted by Gasteiger charge is 2.26. The van der Waals surface area contributed by atoms with Crippen molar-refractivity contribution in [1.29, 1.82) is 0 Å². The fraction of sp³-hybridized carbons (Fsp3) is 0.500. The molecule has 1 saturated heterocycles. The molecule has 0 bridgehead atoms. The molecule has 1 aromatic rings. The van der Waals surface area contributed by atoms with Crippen molar-refractivity contribution < 1.29 is 26.5 Å². The predicted octanol–water partition coefficient (Wildman–Crippen LogP) is -2.66. The Kier molecular flexibility index (Phi) is 5.37. The minimum Gasteiger partial charge on any atom is -1.00 e. The van der Waals surface area contributed by atoms with Crippen LogP contribution in [0.1, 0.15) is 0 Å². The van der Waals surface area contributed by atoms with Crippen LogP contribution < -0.4 is 21.9 Å². The summed E-state index contributed by atoms with van der Waals surface area (Å²) >= 11 is 0. The molecule has 100 valence electrons. The van der Waals surface area contributed by atoms with Gasteiger partial charge in [0.2, 0.25) is 0 Å². The number of anilines is 1. The van der Waals surface area contributed by atoms with Gasteiger partial charge >= 0.3 is 6.03 Å². The standard InChI is InChI=1S/C12H18N3O2.ClH/c1-13(2)11-3-5-14(6-4-11)12(16)15-7-9-17-10-8-15;/h3-6H,7-10H2,1-2H3;1H/q+1;/p-1. The lowest BCUT2D eigenvalue weighted by Gasteiger charge is -2.20. The third-order valence-corrected chi connectivity index (χ3v) is 2.83. The lowest BCUT2D eigenvalue weighted by atomic mass is 10.4. The molecule has 18 heavy (non-hydrogen) atoms. The first-order valence-corrected chi connectivity index (χ1v) is 5.74. The SMILES string of the molecule is CN(C)c1cc[n+](C(=O)N2CCOCC2)cc1.[Cl-]. The maximum Gasteiger partial charge on any atom is 0.498 e. The molecule has 0 spiro atoms. The number of carbonyl (C=O) groups is 1. The van der Waals surface area contributed by atoms with Gasteiger partial charge in [0.25, 0.3) is 0 Å². The minimum absolute atomic E-state index is 0. The maximum atomic E-state index is 12.1. The van der Waals surface area contributed by atoms with E-state index in [0.29, 0.717) is 26.3 Å². The Morgan fingerprint density at radius 1 is 1.28 bits per heavy atom. The molecule has 2 heterocycles. The molecule has 1 fully saturated rings. The van der Waals surface area contributed by atoms with E-state index in [0.717, 1.165) is 5.69 Å². The molecule has 0 unspecified atom stereocenters. The zero-order valence-corrected chi connectivity index (χ0v) is 11.4. The normalized spacial score (nSPS) is 14.9. The van der Waals surface area contributed by atoms with E-state index < -0.39 is 0 Å². The molecule has 0 saturated carbocycles. The van der Waals surface area contributed by atoms with Crippen molar-refractivity contribution in [3.8, 4) is 0 Å². The Morgan fingerprint density at radius 2 is 1.83 bits per heavy atom. The minimum atomic E-state index is 0. The number of carbonyl (C=O) groups excluding carboxylic acids is 1. The highest BCUT2D eigenvalue weighted by molar-refractivity contribution is 5.65. The molecule has 0 aliphatic carbocycles. The summed E-state index contributed by atoms with van der Waals surface area (Å²) in [5.41, 5.74) is 1.08. The fourth-order valence-corrected chi connectivity index (χ4v) is 1.76. The summed E-state index contributed by atoms with van der Waals surface area (Å²) in [7, 11) is 3.95. The fourth-order valence-electron chi connectivity index (χ4n) is 1.76. The van der Waals surface area contributed by atoms with Gasteiger partial charge in [-0.2, -0.15) is 9.36 Å². The molecular formula is C12H18ClN3O2. The molecule has 6 heteroatoms. The van der Waals surface area contributed by atoms with E-state index in [1.165, 1.54) is 0 Å². The average Bonchev–Trinajstić information content (AvgIpc) is 2.39. The van der Waals surface area contributed by atoms with Gasteiger partial charge < -0.3 is 22.0 Å². The van der Waals surface area contributed by atoms with E-state index in [9.17, 15) is 4.79 Å². The van der Waals surface area contributed by atoms with E-state index >= 15 is 0 Å². The third-order valence-electron chi connectivity index (χ3n) is 2.83. The number of amides is 1. The smallest absolute Gasteiger partial charge is 0.498 e. The van der Waals surface area contributed by atoms with Crippen LogP contribution in [0.2, 0.25) is 0 Å². The molecule has 0 atom stereocenters. The average molecular weight is 272 g/mol. The monoisotopic (exact) mass is 271 g/mol. The summed E-state index contributed by atoms with van der Waals surface area (Å²) in [6.07, 6.45) is 3.60. The Balaban J connectivity index is 0.00000162. The van der Waals surface area contributed by atoms with Gasteiger partial charge in [0.05, 0.1) is 13.2 Å². The maximum absolute atomic E-state index is 12.1. The van der Waals surface area contributed by atoms with Gasteiger partial charge in [-0.25, -0.2) is 4.90 Å². The summed E-state index contributed by atoms with van der Waals surface area (Å²) in [4.78, 5) is 15.9. The second kappa shape index (κ2) is 6.56. The lowest BCUT2D eigenvalue weighted by Crippen LogP contribution is -3.00. The largest absolute Gasteiger partial charge is 1.00 e. The number of halogens is 1. The summed E-state index contributed by atoms with van der Waals surface area (Å²) in [5, 5.41) is 0. The molecule has 0 radical (unpaired) electrons. The van der Waals surface area contributed by atoms with E-state index in [1.807, 2.05) is 31.1 Å². The van der Waals surface area contributed by atoms with Gasteiger partial charge in [0.1, 0.15) is 25.5 Å². The zero-order valence-electron chi connectivity index (χ0n) is 10.7. The van der Waals surface area contributed by atoms with E-state index in [2.05, 4.69) is 0 Å². The Bertz CT molecular complexity index is 389. The quantitative estimate of drug-likeness (QED) is 0.524. The summed E-state index contributed by atoms with van der Waals surface area (Å²) in [6.45, 7) is 2.59. The van der Waals surface area contributed by atoms with Crippen LogP contribution in [0.5, 0.6) is 0 Å². The first-order chi connectivity index (χ1) is 8.18. The van der Waals surface area contributed by atoms with Gasteiger partial charge in [0.15, 0.2) is 0 Å². The van der Waals surface area contributed by atoms with Crippen LogP contribution in [0.3, 0.4) is 0 Å². The number of hydrogen-bond acceptors (Lipinski definition) is 3. The molecule has 0 N–H and O–H groups in total. The number of nitrogens with zero attached hydrogens (tertiary/aromatic N) is 3. The summed E-state index contributed by atoms with van der Waals surface area (Å²) < 4.78 is 6.84. The number of rotatable bonds is 1.